The maximum atomic E-state index is 6.94. The van der Waals surface area contributed by atoms with E-state index < -0.39 is 6.29 Å². The molecule has 332 valence electrons. The van der Waals surface area contributed by atoms with Gasteiger partial charge in [0.25, 0.3) is 0 Å². The van der Waals surface area contributed by atoms with Crippen molar-refractivity contribution < 1.29 is 8.83 Å². The number of allylic oxidation sites excluding steroid dienone is 1. The van der Waals surface area contributed by atoms with E-state index in [4.69, 9.17) is 13.8 Å². The van der Waals surface area contributed by atoms with Crippen LogP contribution in [0.25, 0.3) is 120 Å². The minimum atomic E-state index is -0.483. The quantitative estimate of drug-likeness (QED) is 0.177. The Morgan fingerprint density at radius 3 is 1.84 bits per heavy atom. The van der Waals surface area contributed by atoms with Gasteiger partial charge in [-0.15, -0.1) is 0 Å². The van der Waals surface area contributed by atoms with Crippen molar-refractivity contribution in [1.82, 2.24) is 14.0 Å². The number of benzene rings is 10. The van der Waals surface area contributed by atoms with Crippen LogP contribution in [0.5, 0.6) is 0 Å². The molecule has 0 fully saturated rings. The molecule has 0 radical (unpaired) electrons. The van der Waals surface area contributed by atoms with E-state index in [0.717, 1.165) is 101 Å². The van der Waals surface area contributed by atoms with Gasteiger partial charge in [0.2, 0.25) is 6.29 Å². The molecule has 0 amide bonds. The molecular weight excluding hydrogens is 857 g/mol. The van der Waals surface area contributed by atoms with Crippen molar-refractivity contribution in [3.8, 4) is 5.69 Å². The molecule has 6 nitrogen and oxygen atoms in total. The number of para-hydroxylation sites is 4. The number of aliphatic imine (C=N–C) groups is 1. The average molecular weight is 901 g/mol. The van der Waals surface area contributed by atoms with Gasteiger partial charge in [0.05, 0.1) is 33.5 Å². The minimum absolute atomic E-state index is 0.00683. The second kappa shape index (κ2) is 14.8. The van der Waals surface area contributed by atoms with Gasteiger partial charge in [0.15, 0.2) is 0 Å². The summed E-state index contributed by atoms with van der Waals surface area (Å²) >= 11 is 0. The largest absolute Gasteiger partial charge is 0.456 e. The molecule has 70 heavy (non-hydrogen) atoms. The van der Waals surface area contributed by atoms with E-state index in [2.05, 4.69) is 222 Å². The van der Waals surface area contributed by atoms with Gasteiger partial charge in [0, 0.05) is 78.9 Å². The molecule has 0 bridgehead atoms. The fourth-order valence-corrected chi connectivity index (χ4v) is 11.9. The molecule has 0 saturated carbocycles. The van der Waals surface area contributed by atoms with Gasteiger partial charge >= 0.3 is 0 Å². The molecular formula is C64H44N4O2. The van der Waals surface area contributed by atoms with E-state index in [1.165, 1.54) is 43.1 Å². The lowest BCUT2D eigenvalue weighted by Gasteiger charge is -2.35. The highest BCUT2D eigenvalue weighted by molar-refractivity contribution is 6.24. The molecule has 0 aliphatic carbocycles. The van der Waals surface area contributed by atoms with Crippen molar-refractivity contribution in [3.05, 3.63) is 217 Å². The van der Waals surface area contributed by atoms with E-state index in [9.17, 15) is 0 Å². The van der Waals surface area contributed by atoms with Crippen LogP contribution >= 0.6 is 0 Å². The van der Waals surface area contributed by atoms with Gasteiger partial charge in [-0.3, -0.25) is 0 Å². The van der Waals surface area contributed by atoms with Gasteiger partial charge in [-0.05, 0) is 88.6 Å². The zero-order valence-electron chi connectivity index (χ0n) is 38.6. The Morgan fingerprint density at radius 1 is 0.457 bits per heavy atom. The number of furan rings is 2. The third-order valence-corrected chi connectivity index (χ3v) is 15.2. The van der Waals surface area contributed by atoms with Crippen LogP contribution in [0.4, 0.5) is 0 Å². The van der Waals surface area contributed by atoms with Crippen LogP contribution in [-0.2, 0) is 0 Å². The second-order valence-electron chi connectivity index (χ2n) is 19.1. The molecule has 6 heteroatoms. The topological polar surface area (TPSA) is 51.7 Å². The molecule has 15 rings (SSSR count). The number of nitrogens with zero attached hydrogens (tertiary/aromatic N) is 4. The van der Waals surface area contributed by atoms with Gasteiger partial charge in [-0.2, -0.15) is 0 Å². The Morgan fingerprint density at radius 2 is 1.07 bits per heavy atom. The summed E-state index contributed by atoms with van der Waals surface area (Å²) in [4.78, 5) is 8.51. The Balaban J connectivity index is 1.02. The average Bonchev–Trinajstić information content (AvgIpc) is 4.15. The second-order valence-corrected chi connectivity index (χ2v) is 19.1. The van der Waals surface area contributed by atoms with Gasteiger partial charge < -0.3 is 22.9 Å². The van der Waals surface area contributed by atoms with E-state index >= 15 is 0 Å². The molecule has 0 spiro atoms. The summed E-state index contributed by atoms with van der Waals surface area (Å²) in [6.45, 7) is 2.34. The lowest BCUT2D eigenvalue weighted by Crippen LogP contribution is -2.31. The molecule has 2 unspecified atom stereocenters. The molecule has 5 heterocycles. The summed E-state index contributed by atoms with van der Waals surface area (Å²) in [7, 11) is 2.20. The van der Waals surface area contributed by atoms with E-state index in [-0.39, 0.29) is 5.92 Å². The highest BCUT2D eigenvalue weighted by Gasteiger charge is 2.31. The van der Waals surface area contributed by atoms with E-state index in [1.54, 1.807) is 0 Å². The third-order valence-electron chi connectivity index (χ3n) is 15.2. The number of aromatic nitrogens is 2. The van der Waals surface area contributed by atoms with E-state index in [1.807, 2.05) is 12.1 Å². The Kier molecular flexibility index (Phi) is 8.29. The third kappa shape index (κ3) is 5.65. The molecule has 0 N–H and O–H groups in total. The van der Waals surface area contributed by atoms with E-state index in [0.29, 0.717) is 0 Å². The molecule has 1 aliphatic rings. The van der Waals surface area contributed by atoms with Crippen LogP contribution < -0.4 is 0 Å². The first-order valence-electron chi connectivity index (χ1n) is 24.2. The van der Waals surface area contributed by atoms with Crippen molar-refractivity contribution in [2.24, 2.45) is 10.9 Å². The zero-order valence-corrected chi connectivity index (χ0v) is 38.6. The highest BCUT2D eigenvalue weighted by atomic mass is 16.3. The Labute approximate surface area is 402 Å². The predicted octanol–water partition coefficient (Wildman–Crippen LogP) is 17.0. The Hall–Kier alpha value is -8.87. The van der Waals surface area contributed by atoms with Crippen LogP contribution in [0.15, 0.2) is 220 Å². The first-order valence-corrected chi connectivity index (χ1v) is 24.2. The summed E-state index contributed by atoms with van der Waals surface area (Å²) in [6.07, 6.45) is 2.69. The summed E-state index contributed by atoms with van der Waals surface area (Å²) < 4.78 is 18.3. The van der Waals surface area contributed by atoms with Crippen LogP contribution in [-0.4, -0.2) is 26.8 Å². The van der Waals surface area contributed by atoms with Crippen LogP contribution in [0.3, 0.4) is 0 Å². The normalized spacial score (nSPS) is 17.4. The monoisotopic (exact) mass is 900 g/mol. The summed E-state index contributed by atoms with van der Waals surface area (Å²) in [5, 5.41) is 14.1. The lowest BCUT2D eigenvalue weighted by molar-refractivity contribution is 0.282. The van der Waals surface area contributed by atoms with Crippen molar-refractivity contribution >= 4 is 120 Å². The number of rotatable bonds is 4. The maximum absolute atomic E-state index is 6.94. The van der Waals surface area contributed by atoms with Gasteiger partial charge in [-0.25, -0.2) is 4.99 Å². The summed E-state index contributed by atoms with van der Waals surface area (Å²) in [5.74, 6) is 0.00683. The number of hydrogen-bond donors (Lipinski definition) is 0. The molecule has 1 aliphatic heterocycles. The number of fused-ring (bicyclic) bond motifs is 15. The van der Waals surface area contributed by atoms with Crippen molar-refractivity contribution in [2.45, 2.75) is 19.6 Å². The molecule has 10 aromatic carbocycles. The molecule has 0 saturated heterocycles. The van der Waals surface area contributed by atoms with Crippen LogP contribution in [0.2, 0.25) is 0 Å². The SMILES string of the molecule is CC1C/C=C(\c2ccc3c(c2)oc2ccccc23)N(C)C(n2c3ccccc3c3ccccc32)/N=C\1c1cc(-n2c3cc4ccccc4cc3c3c4ccccc4ccc32)cc2oc3ccccc3c12. The fraction of sp³-hybridized carbons (Fsp3) is 0.0781. The Bertz CT molecular complexity index is 4520. The predicted molar refractivity (Wildman–Crippen MR) is 291 cm³/mol. The smallest absolute Gasteiger partial charge is 0.203 e. The standard InChI is InChI=1S/C64H44N4O2/c1-38-27-31-52(42-28-30-48-47-21-9-13-25-57(47)69-59(48)35-42)66(2)64(68-53-23-11-7-19-45(53)46-20-8-12-24-54(46)68)65-63(38)51-36-43(37-60-62(51)49-22-10-14-26-58(49)70-60)67-55-32-29-39-15-5-6-18-44(39)61(55)50-33-40-16-3-4-17-41(40)34-56(50)67/h3-26,28-38,64H,27H2,1-2H3/b52-31+,65-63+. The van der Waals surface area contributed by atoms with Crippen molar-refractivity contribution in [1.29, 1.82) is 0 Å². The molecule has 4 aromatic heterocycles. The first-order chi connectivity index (χ1) is 34.5. The molecule has 14 aromatic rings. The highest BCUT2D eigenvalue weighted by Crippen LogP contribution is 2.44. The van der Waals surface area contributed by atoms with Crippen LogP contribution in [0, 0.1) is 5.92 Å². The maximum Gasteiger partial charge on any atom is 0.203 e. The van der Waals surface area contributed by atoms with Crippen molar-refractivity contribution in [2.75, 3.05) is 7.05 Å². The van der Waals surface area contributed by atoms with Gasteiger partial charge in [0.1, 0.15) is 22.3 Å². The first kappa shape index (κ1) is 39.2. The molecule has 2 atom stereocenters. The zero-order chi connectivity index (χ0) is 46.2. The fourth-order valence-electron chi connectivity index (χ4n) is 11.9. The number of hydrogen-bond acceptors (Lipinski definition) is 4. The van der Waals surface area contributed by atoms with Gasteiger partial charge in [-0.1, -0.05) is 146 Å². The summed E-state index contributed by atoms with van der Waals surface area (Å²) in [5.41, 5.74) is 13.3. The van der Waals surface area contributed by atoms with Crippen molar-refractivity contribution in [3.63, 3.8) is 0 Å². The summed E-state index contributed by atoms with van der Waals surface area (Å²) in [6, 6.07) is 72.3. The van der Waals surface area contributed by atoms with Crippen LogP contribution in [0.1, 0.15) is 30.8 Å². The minimum Gasteiger partial charge on any atom is -0.456 e. The lowest BCUT2D eigenvalue weighted by atomic mass is 9.90.